The fraction of sp³-hybridized carbons (Fsp3) is 0.276. The van der Waals surface area contributed by atoms with Crippen molar-refractivity contribution in [3.8, 4) is 16.9 Å². The number of hydrogen-bond acceptors (Lipinski definition) is 3. The number of amides is 1. The van der Waals surface area contributed by atoms with E-state index >= 15 is 0 Å². The molecule has 37 heavy (non-hydrogen) atoms. The molecule has 1 fully saturated rings. The zero-order valence-corrected chi connectivity index (χ0v) is 20.0. The summed E-state index contributed by atoms with van der Waals surface area (Å²) in [6, 6.07) is 14.6. The van der Waals surface area contributed by atoms with Gasteiger partial charge in [0.1, 0.15) is 18.2 Å². The molecule has 192 valence electrons. The number of fused-ring (bicyclic) bond motifs is 1. The van der Waals surface area contributed by atoms with Crippen molar-refractivity contribution < 1.29 is 27.1 Å². The topological polar surface area (TPSA) is 50.4 Å². The van der Waals surface area contributed by atoms with Crippen molar-refractivity contribution >= 4 is 17.8 Å². The Labute approximate surface area is 212 Å². The van der Waals surface area contributed by atoms with Gasteiger partial charge in [0.2, 0.25) is 6.41 Å². The molecule has 1 aliphatic heterocycles. The Hall–Kier alpha value is -3.81. The summed E-state index contributed by atoms with van der Waals surface area (Å²) in [4.78, 5) is 11.0. The molecule has 1 atom stereocenters. The molecular weight excluding hydrogens is 484 g/mol. The van der Waals surface area contributed by atoms with Gasteiger partial charge in [0, 0.05) is 5.56 Å². The average molecular weight is 511 g/mol. The summed E-state index contributed by atoms with van der Waals surface area (Å²) in [6.07, 6.45) is -0.308. The molecule has 1 saturated carbocycles. The zero-order valence-electron chi connectivity index (χ0n) is 20.0. The van der Waals surface area contributed by atoms with Gasteiger partial charge in [-0.2, -0.15) is 13.2 Å². The lowest BCUT2D eigenvalue weighted by Crippen LogP contribution is -2.26. The third-order valence-corrected chi connectivity index (χ3v) is 7.14. The molecule has 1 unspecified atom stereocenters. The predicted molar refractivity (Wildman–Crippen MR) is 135 cm³/mol. The Morgan fingerprint density at radius 1 is 1.00 bits per heavy atom. The predicted octanol–water partition coefficient (Wildman–Crippen LogP) is 7.84. The first kappa shape index (κ1) is 24.9. The van der Waals surface area contributed by atoms with E-state index in [1.54, 1.807) is 6.07 Å². The van der Waals surface area contributed by atoms with Crippen molar-refractivity contribution in [2.75, 3.05) is 17.2 Å². The lowest BCUT2D eigenvalue weighted by atomic mass is 9.82. The van der Waals surface area contributed by atoms with Crippen molar-refractivity contribution in [3.05, 3.63) is 89.3 Å². The lowest BCUT2D eigenvalue weighted by molar-refractivity contribution is -0.137. The molecule has 0 aromatic heterocycles. The number of rotatable bonds is 5. The second-order valence-electron chi connectivity index (χ2n) is 9.54. The van der Waals surface area contributed by atoms with E-state index in [9.17, 15) is 22.4 Å². The molecule has 0 radical (unpaired) electrons. The normalized spacial score (nSPS) is 17.9. The Morgan fingerprint density at radius 2 is 1.70 bits per heavy atom. The molecule has 4 nitrogen and oxygen atoms in total. The van der Waals surface area contributed by atoms with Gasteiger partial charge >= 0.3 is 6.18 Å². The van der Waals surface area contributed by atoms with Crippen LogP contribution >= 0.6 is 0 Å². The molecule has 3 aromatic carbocycles. The Morgan fingerprint density at radius 3 is 2.38 bits per heavy atom. The summed E-state index contributed by atoms with van der Waals surface area (Å²) in [5.74, 6) is 0.0381. The number of halogens is 4. The van der Waals surface area contributed by atoms with E-state index in [2.05, 4.69) is 41.5 Å². The third kappa shape index (κ3) is 5.19. The number of hydrogen-bond donors (Lipinski definition) is 2. The van der Waals surface area contributed by atoms with Gasteiger partial charge in [-0.1, -0.05) is 42.5 Å². The highest BCUT2D eigenvalue weighted by Gasteiger charge is 2.37. The van der Waals surface area contributed by atoms with Crippen LogP contribution in [0.4, 0.5) is 28.9 Å². The van der Waals surface area contributed by atoms with Gasteiger partial charge in [0.05, 0.1) is 23.0 Å². The molecule has 5 rings (SSSR count). The highest BCUT2D eigenvalue weighted by molar-refractivity contribution is 5.78. The van der Waals surface area contributed by atoms with E-state index in [0.29, 0.717) is 23.4 Å². The molecule has 1 aliphatic carbocycles. The van der Waals surface area contributed by atoms with Crippen LogP contribution in [0.3, 0.4) is 0 Å². The van der Waals surface area contributed by atoms with Crippen molar-refractivity contribution in [1.82, 2.24) is 0 Å². The molecular formula is C29H26F4N2O2. The first-order chi connectivity index (χ1) is 17.7. The van der Waals surface area contributed by atoms with Crippen LogP contribution in [0.15, 0.2) is 66.7 Å². The Balaban J connectivity index is 1.37. The molecule has 0 bridgehead atoms. The van der Waals surface area contributed by atoms with Crippen molar-refractivity contribution in [1.29, 1.82) is 0 Å². The molecule has 2 aliphatic rings. The number of alkyl halides is 3. The first-order valence-electron chi connectivity index (χ1n) is 12.1. The third-order valence-electron chi connectivity index (χ3n) is 7.14. The lowest BCUT2D eigenvalue weighted by Gasteiger charge is -2.30. The van der Waals surface area contributed by atoms with E-state index < -0.39 is 29.3 Å². The fourth-order valence-corrected chi connectivity index (χ4v) is 5.16. The molecule has 0 spiro atoms. The summed E-state index contributed by atoms with van der Waals surface area (Å²) < 4.78 is 60.6. The van der Waals surface area contributed by atoms with Gasteiger partial charge < -0.3 is 15.4 Å². The van der Waals surface area contributed by atoms with Crippen LogP contribution in [0.2, 0.25) is 0 Å². The SMILES string of the molecule is C=C1CCC(c2ccc(-c3ccc4c(c3)OCC(c3cc(F)cc(C(F)(F)F)c3NC=O)N4)cc2)CC1. The summed E-state index contributed by atoms with van der Waals surface area (Å²) in [6.45, 7) is 4.04. The molecule has 1 amide bonds. The van der Waals surface area contributed by atoms with E-state index in [0.717, 1.165) is 42.9 Å². The maximum Gasteiger partial charge on any atom is 0.418 e. The summed E-state index contributed by atoms with van der Waals surface area (Å²) in [5.41, 5.74) is 3.39. The minimum Gasteiger partial charge on any atom is -0.489 e. The monoisotopic (exact) mass is 510 g/mol. The average Bonchev–Trinajstić information content (AvgIpc) is 2.89. The maximum atomic E-state index is 14.1. The fourth-order valence-electron chi connectivity index (χ4n) is 5.16. The molecule has 8 heteroatoms. The molecule has 0 saturated heterocycles. The number of carbonyl (C=O) groups is 1. The Bertz CT molecular complexity index is 1320. The summed E-state index contributed by atoms with van der Waals surface area (Å²) >= 11 is 0. The van der Waals surface area contributed by atoms with E-state index in [-0.39, 0.29) is 18.6 Å². The van der Waals surface area contributed by atoms with Crippen LogP contribution < -0.4 is 15.4 Å². The van der Waals surface area contributed by atoms with Crippen LogP contribution in [0.1, 0.15) is 54.3 Å². The second-order valence-corrected chi connectivity index (χ2v) is 9.54. The van der Waals surface area contributed by atoms with Crippen LogP contribution in [0.5, 0.6) is 5.75 Å². The van der Waals surface area contributed by atoms with E-state index in [1.165, 1.54) is 11.1 Å². The van der Waals surface area contributed by atoms with Crippen molar-refractivity contribution in [2.45, 2.75) is 43.8 Å². The minimum absolute atomic E-state index is 0.0450. The number of anilines is 2. The first-order valence-corrected chi connectivity index (χ1v) is 12.1. The van der Waals surface area contributed by atoms with Gasteiger partial charge in [0.15, 0.2) is 0 Å². The van der Waals surface area contributed by atoms with Crippen LogP contribution in [0, 0.1) is 5.82 Å². The van der Waals surface area contributed by atoms with Crippen molar-refractivity contribution in [3.63, 3.8) is 0 Å². The summed E-state index contributed by atoms with van der Waals surface area (Å²) in [7, 11) is 0. The molecule has 1 heterocycles. The van der Waals surface area contributed by atoms with Crippen LogP contribution in [0.25, 0.3) is 11.1 Å². The van der Waals surface area contributed by atoms with Gasteiger partial charge in [-0.3, -0.25) is 4.79 Å². The number of benzene rings is 3. The van der Waals surface area contributed by atoms with Gasteiger partial charge in [-0.25, -0.2) is 4.39 Å². The number of carbonyl (C=O) groups excluding carboxylic acids is 1. The summed E-state index contributed by atoms with van der Waals surface area (Å²) in [5, 5.41) is 5.22. The quantitative estimate of drug-likeness (QED) is 0.209. The standard InChI is InChI=1S/C29H26F4N2O2/c1-17-2-4-18(5-3-17)19-6-8-20(9-7-19)21-10-11-25-27(12-21)37-15-26(35-25)23-13-22(30)14-24(29(31,32)33)28(23)34-16-36/h6-14,16,18,26,35H,1-5,15H2,(H,34,36). The zero-order chi connectivity index (χ0) is 26.2. The Kier molecular flexibility index (Phi) is 6.67. The van der Waals surface area contributed by atoms with Gasteiger partial charge in [-0.05, 0) is 72.6 Å². The van der Waals surface area contributed by atoms with Crippen LogP contribution in [-0.4, -0.2) is 13.0 Å². The second kappa shape index (κ2) is 9.92. The smallest absolute Gasteiger partial charge is 0.418 e. The van der Waals surface area contributed by atoms with Crippen LogP contribution in [-0.2, 0) is 11.0 Å². The molecule has 3 aromatic rings. The minimum atomic E-state index is -4.84. The maximum absolute atomic E-state index is 14.1. The number of allylic oxidation sites excluding steroid dienone is 1. The van der Waals surface area contributed by atoms with E-state index in [4.69, 9.17) is 4.74 Å². The van der Waals surface area contributed by atoms with Gasteiger partial charge in [-0.15, -0.1) is 0 Å². The highest BCUT2D eigenvalue weighted by atomic mass is 19.4. The molecule has 2 N–H and O–H groups in total. The van der Waals surface area contributed by atoms with E-state index in [1.807, 2.05) is 12.1 Å². The number of nitrogens with one attached hydrogen (secondary N) is 2. The number of ether oxygens (including phenoxy) is 1. The largest absolute Gasteiger partial charge is 0.489 e. The highest BCUT2D eigenvalue weighted by Crippen LogP contribution is 2.43. The van der Waals surface area contributed by atoms with Gasteiger partial charge in [0.25, 0.3) is 0 Å². The van der Waals surface area contributed by atoms with Crippen molar-refractivity contribution in [2.24, 2.45) is 0 Å².